The van der Waals surface area contributed by atoms with Crippen LogP contribution >= 0.6 is 0 Å². The van der Waals surface area contributed by atoms with Crippen molar-refractivity contribution >= 4 is 0 Å². The Morgan fingerprint density at radius 2 is 1.94 bits per heavy atom. The second-order valence-electron chi connectivity index (χ2n) is 5.67. The molecular formula is C14H22N2O2. The van der Waals surface area contributed by atoms with Gasteiger partial charge in [-0.1, -0.05) is 19.9 Å². The molecule has 1 aromatic rings. The van der Waals surface area contributed by atoms with Crippen LogP contribution in [0.25, 0.3) is 0 Å². The molecule has 1 aliphatic rings. The van der Waals surface area contributed by atoms with E-state index >= 15 is 0 Å². The number of benzene rings is 1. The Morgan fingerprint density at radius 1 is 1.28 bits per heavy atom. The molecule has 0 saturated carbocycles. The highest BCUT2D eigenvalue weighted by molar-refractivity contribution is 5.45. The summed E-state index contributed by atoms with van der Waals surface area (Å²) in [5.74, 6) is 1.65. The summed E-state index contributed by atoms with van der Waals surface area (Å²) in [7, 11) is 4.15. The van der Waals surface area contributed by atoms with E-state index in [0.717, 1.165) is 11.5 Å². The SMILES string of the molecule is CN(C)C(c1ccc2c(c1)OCO2)C(C)(C)CN. The van der Waals surface area contributed by atoms with Crippen LogP contribution in [-0.4, -0.2) is 32.3 Å². The summed E-state index contributed by atoms with van der Waals surface area (Å²) >= 11 is 0. The van der Waals surface area contributed by atoms with Crippen molar-refractivity contribution in [2.24, 2.45) is 11.1 Å². The lowest BCUT2D eigenvalue weighted by molar-refractivity contribution is 0.143. The summed E-state index contributed by atoms with van der Waals surface area (Å²) in [5, 5.41) is 0. The van der Waals surface area contributed by atoms with E-state index in [1.807, 2.05) is 6.07 Å². The van der Waals surface area contributed by atoms with Gasteiger partial charge in [-0.15, -0.1) is 0 Å². The minimum atomic E-state index is -0.00278. The molecule has 0 aliphatic carbocycles. The topological polar surface area (TPSA) is 47.7 Å². The van der Waals surface area contributed by atoms with E-state index in [2.05, 4.69) is 45.0 Å². The molecule has 0 bridgehead atoms. The van der Waals surface area contributed by atoms with Gasteiger partial charge in [0.1, 0.15) is 0 Å². The predicted octanol–water partition coefficient (Wildman–Crippen LogP) is 2.00. The fourth-order valence-electron chi connectivity index (χ4n) is 2.64. The van der Waals surface area contributed by atoms with E-state index in [4.69, 9.17) is 15.2 Å². The first-order valence-electron chi connectivity index (χ1n) is 6.22. The molecule has 2 rings (SSSR count). The molecule has 0 radical (unpaired) electrons. The van der Waals surface area contributed by atoms with Gasteiger partial charge in [-0.3, -0.25) is 0 Å². The van der Waals surface area contributed by atoms with E-state index < -0.39 is 0 Å². The highest BCUT2D eigenvalue weighted by atomic mass is 16.7. The van der Waals surface area contributed by atoms with Crippen LogP contribution in [0.4, 0.5) is 0 Å². The molecule has 4 nitrogen and oxygen atoms in total. The van der Waals surface area contributed by atoms with E-state index in [1.54, 1.807) is 0 Å². The Kier molecular flexibility index (Phi) is 3.50. The smallest absolute Gasteiger partial charge is 0.231 e. The summed E-state index contributed by atoms with van der Waals surface area (Å²) in [6, 6.07) is 6.37. The van der Waals surface area contributed by atoms with E-state index in [1.165, 1.54) is 5.56 Å². The molecule has 0 fully saturated rings. The normalized spacial score (nSPS) is 16.1. The van der Waals surface area contributed by atoms with E-state index in [9.17, 15) is 0 Å². The van der Waals surface area contributed by atoms with Crippen LogP contribution in [0.2, 0.25) is 0 Å². The van der Waals surface area contributed by atoms with Crippen LogP contribution in [0.5, 0.6) is 11.5 Å². The Labute approximate surface area is 109 Å². The van der Waals surface area contributed by atoms with Gasteiger partial charge in [0.05, 0.1) is 0 Å². The maximum atomic E-state index is 5.91. The molecule has 1 heterocycles. The van der Waals surface area contributed by atoms with Crippen LogP contribution < -0.4 is 15.2 Å². The lowest BCUT2D eigenvalue weighted by Crippen LogP contribution is -2.38. The van der Waals surface area contributed by atoms with Crippen molar-refractivity contribution in [2.45, 2.75) is 19.9 Å². The zero-order valence-corrected chi connectivity index (χ0v) is 11.6. The average Bonchev–Trinajstić information content (AvgIpc) is 2.75. The minimum Gasteiger partial charge on any atom is -0.454 e. The summed E-state index contributed by atoms with van der Waals surface area (Å²) < 4.78 is 10.8. The van der Waals surface area contributed by atoms with Crippen LogP contribution in [0.15, 0.2) is 18.2 Å². The highest BCUT2D eigenvalue weighted by Gasteiger charge is 2.32. The molecule has 4 heteroatoms. The van der Waals surface area contributed by atoms with Gasteiger partial charge in [-0.05, 0) is 43.8 Å². The van der Waals surface area contributed by atoms with Crippen molar-refractivity contribution in [1.82, 2.24) is 4.90 Å². The van der Waals surface area contributed by atoms with Gasteiger partial charge in [0.25, 0.3) is 0 Å². The summed E-state index contributed by atoms with van der Waals surface area (Å²) in [6.45, 7) is 5.31. The molecule has 0 amide bonds. The fourth-order valence-corrected chi connectivity index (χ4v) is 2.64. The Hall–Kier alpha value is -1.26. The zero-order chi connectivity index (χ0) is 13.3. The van der Waals surface area contributed by atoms with Gasteiger partial charge < -0.3 is 20.1 Å². The van der Waals surface area contributed by atoms with Crippen LogP contribution in [0, 0.1) is 5.41 Å². The Bertz CT molecular complexity index is 430. The molecule has 1 aliphatic heterocycles. The van der Waals surface area contributed by atoms with Gasteiger partial charge in [0.15, 0.2) is 11.5 Å². The molecule has 1 atom stereocenters. The molecule has 18 heavy (non-hydrogen) atoms. The first kappa shape index (κ1) is 13.2. The maximum Gasteiger partial charge on any atom is 0.231 e. The first-order chi connectivity index (χ1) is 8.45. The van der Waals surface area contributed by atoms with E-state index in [0.29, 0.717) is 13.3 Å². The number of ether oxygens (including phenoxy) is 2. The van der Waals surface area contributed by atoms with Crippen molar-refractivity contribution < 1.29 is 9.47 Å². The molecular weight excluding hydrogens is 228 g/mol. The molecule has 1 aromatic carbocycles. The molecule has 1 unspecified atom stereocenters. The predicted molar refractivity (Wildman–Crippen MR) is 71.8 cm³/mol. The summed E-state index contributed by atoms with van der Waals surface area (Å²) in [5.41, 5.74) is 7.12. The summed E-state index contributed by atoms with van der Waals surface area (Å²) in [6.07, 6.45) is 0. The molecule has 100 valence electrons. The number of rotatable bonds is 4. The monoisotopic (exact) mass is 250 g/mol. The number of hydrogen-bond donors (Lipinski definition) is 1. The maximum absolute atomic E-state index is 5.91. The van der Waals surface area contributed by atoms with Gasteiger partial charge >= 0.3 is 0 Å². The second-order valence-corrected chi connectivity index (χ2v) is 5.67. The van der Waals surface area contributed by atoms with Crippen molar-refractivity contribution in [1.29, 1.82) is 0 Å². The van der Waals surface area contributed by atoms with Gasteiger partial charge in [-0.2, -0.15) is 0 Å². The Morgan fingerprint density at radius 3 is 2.56 bits per heavy atom. The van der Waals surface area contributed by atoms with Crippen molar-refractivity contribution in [2.75, 3.05) is 27.4 Å². The second kappa shape index (κ2) is 4.78. The number of nitrogens with two attached hydrogens (primary N) is 1. The average molecular weight is 250 g/mol. The lowest BCUT2D eigenvalue weighted by atomic mass is 9.79. The number of fused-ring (bicyclic) bond motifs is 1. The number of hydrogen-bond acceptors (Lipinski definition) is 4. The molecule has 0 spiro atoms. The molecule has 0 saturated heterocycles. The third kappa shape index (κ3) is 2.31. The van der Waals surface area contributed by atoms with Crippen molar-refractivity contribution in [3.63, 3.8) is 0 Å². The Balaban J connectivity index is 2.37. The largest absolute Gasteiger partial charge is 0.454 e. The minimum absolute atomic E-state index is 0.00278. The van der Waals surface area contributed by atoms with Crippen LogP contribution in [-0.2, 0) is 0 Å². The van der Waals surface area contributed by atoms with Crippen LogP contribution in [0.3, 0.4) is 0 Å². The third-order valence-corrected chi connectivity index (χ3v) is 3.50. The standard InChI is InChI=1S/C14H22N2O2/c1-14(2,8-15)13(16(3)4)10-5-6-11-12(7-10)18-9-17-11/h5-7,13H,8-9,15H2,1-4H3. The lowest BCUT2D eigenvalue weighted by Gasteiger charge is -2.38. The third-order valence-electron chi connectivity index (χ3n) is 3.50. The highest BCUT2D eigenvalue weighted by Crippen LogP contribution is 2.41. The van der Waals surface area contributed by atoms with Gasteiger partial charge in [0.2, 0.25) is 6.79 Å². The van der Waals surface area contributed by atoms with Gasteiger partial charge in [-0.25, -0.2) is 0 Å². The quantitative estimate of drug-likeness (QED) is 0.888. The zero-order valence-electron chi connectivity index (χ0n) is 11.6. The van der Waals surface area contributed by atoms with Crippen molar-refractivity contribution in [3.8, 4) is 11.5 Å². The van der Waals surface area contributed by atoms with Gasteiger partial charge in [0, 0.05) is 6.04 Å². The van der Waals surface area contributed by atoms with Crippen LogP contribution in [0.1, 0.15) is 25.5 Å². The fraction of sp³-hybridized carbons (Fsp3) is 0.571. The number of nitrogens with zero attached hydrogens (tertiary/aromatic N) is 1. The molecule has 0 aromatic heterocycles. The first-order valence-corrected chi connectivity index (χ1v) is 6.22. The molecule has 2 N–H and O–H groups in total. The van der Waals surface area contributed by atoms with E-state index in [-0.39, 0.29) is 11.5 Å². The summed E-state index contributed by atoms with van der Waals surface area (Å²) in [4.78, 5) is 2.20. The van der Waals surface area contributed by atoms with Crippen molar-refractivity contribution in [3.05, 3.63) is 23.8 Å².